The Bertz CT molecular complexity index is 1390. The number of methoxy groups -OCH3 is 1. The summed E-state index contributed by atoms with van der Waals surface area (Å²) in [7, 11) is 1.46. The summed E-state index contributed by atoms with van der Waals surface area (Å²) in [6.45, 7) is 8.63. The summed E-state index contributed by atoms with van der Waals surface area (Å²) in [5.74, 6) is 0.0273. The van der Waals surface area contributed by atoms with Crippen molar-refractivity contribution in [2.75, 3.05) is 19.0 Å². The maximum Gasteiger partial charge on any atom is 0.573 e. The number of urea groups is 1. The Morgan fingerprint density at radius 3 is 2.40 bits per heavy atom. The van der Waals surface area contributed by atoms with Crippen LogP contribution in [0.5, 0.6) is 11.6 Å². The molecular formula is C29H36F3N5O6. The van der Waals surface area contributed by atoms with Gasteiger partial charge in [0.25, 0.3) is 0 Å². The second-order valence-corrected chi connectivity index (χ2v) is 10.6. The SMILES string of the molecule is COCc1ccc(OC(F)(F)F)c(CNC(=O)Nc2c(C)c(OC[C@H](C)NC(=O)OC(C)(C)C)nn2-c2ccccc2)c1. The molecule has 0 unspecified atom stereocenters. The average Bonchev–Trinajstić information content (AvgIpc) is 3.21. The lowest BCUT2D eigenvalue weighted by molar-refractivity contribution is -0.274. The zero-order chi connectivity index (χ0) is 31.8. The minimum absolute atomic E-state index is 0.0529. The van der Waals surface area contributed by atoms with E-state index in [1.807, 2.05) is 6.07 Å². The molecule has 1 heterocycles. The second-order valence-electron chi connectivity index (χ2n) is 10.6. The van der Waals surface area contributed by atoms with E-state index in [0.717, 1.165) is 0 Å². The van der Waals surface area contributed by atoms with E-state index in [4.69, 9.17) is 14.2 Å². The molecule has 11 nitrogen and oxygen atoms in total. The molecular weight excluding hydrogens is 571 g/mol. The monoisotopic (exact) mass is 607 g/mol. The van der Waals surface area contributed by atoms with Crippen molar-refractivity contribution in [3.63, 3.8) is 0 Å². The quantitative estimate of drug-likeness (QED) is 0.250. The van der Waals surface area contributed by atoms with Crippen molar-refractivity contribution in [3.05, 3.63) is 65.2 Å². The number of alkyl carbamates (subject to hydrolysis) is 1. The number of hydrogen-bond donors (Lipinski definition) is 3. The first-order valence-corrected chi connectivity index (χ1v) is 13.3. The number of amides is 3. The van der Waals surface area contributed by atoms with E-state index in [1.165, 1.54) is 30.0 Å². The van der Waals surface area contributed by atoms with Gasteiger partial charge in [-0.05, 0) is 64.4 Å². The van der Waals surface area contributed by atoms with Gasteiger partial charge in [0.15, 0.2) is 0 Å². The number of aromatic nitrogens is 2. The molecule has 0 radical (unpaired) electrons. The van der Waals surface area contributed by atoms with Crippen LogP contribution in [0, 0.1) is 6.92 Å². The van der Waals surface area contributed by atoms with Crippen molar-refractivity contribution in [2.45, 2.75) is 65.8 Å². The van der Waals surface area contributed by atoms with Crippen molar-refractivity contribution in [3.8, 4) is 17.3 Å². The van der Waals surface area contributed by atoms with Gasteiger partial charge >= 0.3 is 18.5 Å². The molecule has 0 aliphatic carbocycles. The first kappa shape index (κ1) is 33.0. The molecule has 1 atom stereocenters. The number of anilines is 1. The zero-order valence-electron chi connectivity index (χ0n) is 24.8. The Balaban J connectivity index is 1.77. The minimum Gasteiger partial charge on any atom is -0.474 e. The predicted molar refractivity (Wildman–Crippen MR) is 152 cm³/mol. The van der Waals surface area contributed by atoms with Crippen molar-refractivity contribution in [2.24, 2.45) is 0 Å². The topological polar surface area (TPSA) is 125 Å². The first-order chi connectivity index (χ1) is 20.1. The van der Waals surface area contributed by atoms with E-state index < -0.39 is 35.9 Å². The smallest absolute Gasteiger partial charge is 0.474 e. The minimum atomic E-state index is -4.91. The number of ether oxygens (including phenoxy) is 4. The highest BCUT2D eigenvalue weighted by molar-refractivity contribution is 5.89. The molecule has 1 aromatic heterocycles. The third-order valence-electron chi connectivity index (χ3n) is 5.65. The largest absolute Gasteiger partial charge is 0.573 e. The van der Waals surface area contributed by atoms with Gasteiger partial charge in [0.2, 0.25) is 5.88 Å². The molecule has 3 amide bonds. The van der Waals surface area contributed by atoms with Crippen molar-refractivity contribution < 1.29 is 41.7 Å². The standard InChI is InChI=1S/C29H36F3N5O6/c1-18(34-27(39)43-28(3,4)5)16-41-25-19(2)24(37(36-25)22-10-8-7-9-11-22)35-26(38)33-15-21-14-20(17-40-6)12-13-23(21)42-29(30,31)32/h7-14,18H,15-17H2,1-6H3,(H,34,39)(H2,33,35,38)/t18-/m0/s1. The summed E-state index contributed by atoms with van der Waals surface area (Å²) >= 11 is 0. The lowest BCUT2D eigenvalue weighted by Gasteiger charge is -2.21. The highest BCUT2D eigenvalue weighted by Crippen LogP contribution is 2.30. The molecule has 0 bridgehead atoms. The number of benzene rings is 2. The molecule has 43 heavy (non-hydrogen) atoms. The Morgan fingerprint density at radius 2 is 1.77 bits per heavy atom. The number of carbonyl (C=O) groups is 2. The molecule has 0 aliphatic heterocycles. The summed E-state index contributed by atoms with van der Waals surface area (Å²) in [5, 5.41) is 12.5. The summed E-state index contributed by atoms with van der Waals surface area (Å²) < 4.78 is 60.7. The number of carbonyl (C=O) groups excluding carboxylic acids is 2. The van der Waals surface area contributed by atoms with Crippen molar-refractivity contribution in [1.82, 2.24) is 20.4 Å². The maximum absolute atomic E-state index is 13.0. The van der Waals surface area contributed by atoms with Crippen LogP contribution in [-0.2, 0) is 22.6 Å². The third-order valence-corrected chi connectivity index (χ3v) is 5.65. The highest BCUT2D eigenvalue weighted by atomic mass is 19.4. The Hall–Kier alpha value is -4.46. The fourth-order valence-corrected chi connectivity index (χ4v) is 3.85. The summed E-state index contributed by atoms with van der Waals surface area (Å²) in [4.78, 5) is 25.1. The Kier molecular flexibility index (Phi) is 10.9. The molecule has 3 aromatic rings. The van der Waals surface area contributed by atoms with Crippen molar-refractivity contribution >= 4 is 17.9 Å². The van der Waals surface area contributed by atoms with E-state index in [1.54, 1.807) is 58.9 Å². The van der Waals surface area contributed by atoms with Crippen LogP contribution in [0.1, 0.15) is 44.4 Å². The van der Waals surface area contributed by atoms with Gasteiger partial charge in [0.1, 0.15) is 23.8 Å². The molecule has 0 fully saturated rings. The second kappa shape index (κ2) is 14.1. The van der Waals surface area contributed by atoms with E-state index in [-0.39, 0.29) is 37.0 Å². The van der Waals surface area contributed by atoms with Gasteiger partial charge < -0.3 is 29.6 Å². The van der Waals surface area contributed by atoms with Crippen LogP contribution < -0.4 is 25.4 Å². The van der Waals surface area contributed by atoms with Gasteiger partial charge in [-0.15, -0.1) is 18.3 Å². The number of hydrogen-bond acceptors (Lipinski definition) is 7. The lowest BCUT2D eigenvalue weighted by atomic mass is 10.1. The molecule has 234 valence electrons. The fourth-order valence-electron chi connectivity index (χ4n) is 3.85. The first-order valence-electron chi connectivity index (χ1n) is 13.3. The molecule has 0 spiro atoms. The summed E-state index contributed by atoms with van der Waals surface area (Å²) in [5.41, 5.74) is 1.14. The van der Waals surface area contributed by atoms with E-state index >= 15 is 0 Å². The van der Waals surface area contributed by atoms with Crippen LogP contribution >= 0.6 is 0 Å². The van der Waals surface area contributed by atoms with Crippen LogP contribution in [0.3, 0.4) is 0 Å². The van der Waals surface area contributed by atoms with Crippen LogP contribution in [0.25, 0.3) is 5.69 Å². The highest BCUT2D eigenvalue weighted by Gasteiger charge is 2.32. The number of nitrogens with one attached hydrogen (secondary N) is 3. The van der Waals surface area contributed by atoms with Gasteiger partial charge in [-0.1, -0.05) is 24.3 Å². The van der Waals surface area contributed by atoms with Gasteiger partial charge in [0, 0.05) is 19.2 Å². The molecule has 14 heteroatoms. The zero-order valence-corrected chi connectivity index (χ0v) is 24.8. The lowest BCUT2D eigenvalue weighted by Crippen LogP contribution is -2.40. The van der Waals surface area contributed by atoms with E-state index in [2.05, 4.69) is 25.8 Å². The van der Waals surface area contributed by atoms with Crippen LogP contribution in [0.2, 0.25) is 0 Å². The molecule has 0 aliphatic rings. The Labute approximate surface area is 247 Å². The van der Waals surface area contributed by atoms with Crippen LogP contribution in [0.15, 0.2) is 48.5 Å². The van der Waals surface area contributed by atoms with E-state index in [9.17, 15) is 22.8 Å². The maximum atomic E-state index is 13.0. The predicted octanol–water partition coefficient (Wildman–Crippen LogP) is 5.84. The van der Waals surface area contributed by atoms with Crippen molar-refractivity contribution in [1.29, 1.82) is 0 Å². The summed E-state index contributed by atoms with van der Waals surface area (Å²) in [6.07, 6.45) is -5.50. The number of halogens is 3. The fraction of sp³-hybridized carbons (Fsp3) is 0.414. The normalized spacial score (nSPS) is 12.3. The molecule has 0 saturated carbocycles. The molecule has 3 N–H and O–H groups in total. The van der Waals surface area contributed by atoms with Gasteiger partial charge in [0.05, 0.1) is 23.9 Å². The van der Waals surface area contributed by atoms with Crippen LogP contribution in [0.4, 0.5) is 28.6 Å². The molecule has 0 saturated heterocycles. The molecule has 2 aromatic carbocycles. The average molecular weight is 608 g/mol. The number of rotatable bonds is 11. The van der Waals surface area contributed by atoms with Crippen LogP contribution in [-0.4, -0.2) is 53.6 Å². The van der Waals surface area contributed by atoms with E-state index in [0.29, 0.717) is 16.8 Å². The van der Waals surface area contributed by atoms with Gasteiger partial charge in [-0.25, -0.2) is 14.3 Å². The third kappa shape index (κ3) is 10.4. The number of para-hydroxylation sites is 1. The summed E-state index contributed by atoms with van der Waals surface area (Å²) in [6, 6.07) is 11.9. The number of nitrogens with zero attached hydrogens (tertiary/aromatic N) is 2. The number of alkyl halides is 3. The Morgan fingerprint density at radius 1 is 1.07 bits per heavy atom. The molecule has 3 rings (SSSR count). The van der Waals surface area contributed by atoms with Gasteiger partial charge in [-0.3, -0.25) is 5.32 Å². The van der Waals surface area contributed by atoms with Gasteiger partial charge in [-0.2, -0.15) is 0 Å².